The first kappa shape index (κ1) is 17.3. The molecule has 2 rings (SSSR count). The number of nitrogens with one attached hydrogen (secondary N) is 3. The summed E-state index contributed by atoms with van der Waals surface area (Å²) in [4.78, 5) is 23.8. The molecule has 0 unspecified atom stereocenters. The SMILES string of the molecule is CNC(=O)Nc1cccc(NC(=O)c2cc(C)c(OC)c(C)c2)c1. The third-order valence-electron chi connectivity index (χ3n) is 3.53. The van der Waals surface area contributed by atoms with Crippen LogP contribution in [0.4, 0.5) is 16.2 Å². The van der Waals surface area contributed by atoms with Gasteiger partial charge < -0.3 is 20.7 Å². The Morgan fingerprint density at radius 3 is 2.08 bits per heavy atom. The van der Waals surface area contributed by atoms with Crippen LogP contribution in [0.3, 0.4) is 0 Å². The number of urea groups is 1. The molecule has 126 valence electrons. The van der Waals surface area contributed by atoms with Crippen molar-refractivity contribution in [2.24, 2.45) is 0 Å². The Bertz CT molecular complexity index is 749. The van der Waals surface area contributed by atoms with Crippen molar-refractivity contribution in [2.45, 2.75) is 13.8 Å². The van der Waals surface area contributed by atoms with Crippen LogP contribution in [0.15, 0.2) is 36.4 Å². The van der Waals surface area contributed by atoms with E-state index in [-0.39, 0.29) is 11.9 Å². The second-order valence-electron chi connectivity index (χ2n) is 5.38. The Morgan fingerprint density at radius 1 is 0.958 bits per heavy atom. The molecule has 6 heteroatoms. The average Bonchev–Trinajstić information content (AvgIpc) is 2.54. The summed E-state index contributed by atoms with van der Waals surface area (Å²) in [5, 5.41) is 7.96. The van der Waals surface area contributed by atoms with Crippen molar-refractivity contribution in [1.29, 1.82) is 0 Å². The number of ether oxygens (including phenoxy) is 1. The molecule has 0 spiro atoms. The number of benzene rings is 2. The van der Waals surface area contributed by atoms with Crippen molar-refractivity contribution in [3.8, 4) is 5.75 Å². The van der Waals surface area contributed by atoms with Crippen molar-refractivity contribution in [3.63, 3.8) is 0 Å². The Labute approximate surface area is 141 Å². The average molecular weight is 327 g/mol. The molecule has 0 bridgehead atoms. The Hall–Kier alpha value is -3.02. The zero-order valence-corrected chi connectivity index (χ0v) is 14.2. The van der Waals surface area contributed by atoms with Crippen LogP contribution in [0.5, 0.6) is 5.75 Å². The van der Waals surface area contributed by atoms with E-state index in [1.54, 1.807) is 43.5 Å². The smallest absolute Gasteiger partial charge is 0.318 e. The Balaban J connectivity index is 2.18. The standard InChI is InChI=1S/C18H21N3O3/c1-11-8-13(9-12(2)16(11)24-4)17(22)20-14-6-5-7-15(10-14)21-18(23)19-3/h5-10H,1-4H3,(H,20,22)(H2,19,21,23). The van der Waals surface area contributed by atoms with Gasteiger partial charge in [0.25, 0.3) is 5.91 Å². The van der Waals surface area contributed by atoms with E-state index in [0.29, 0.717) is 16.9 Å². The predicted octanol–water partition coefficient (Wildman–Crippen LogP) is 3.32. The summed E-state index contributed by atoms with van der Waals surface area (Å²) in [5.74, 6) is 0.560. The van der Waals surface area contributed by atoms with Gasteiger partial charge in [-0.25, -0.2) is 4.79 Å². The van der Waals surface area contributed by atoms with Crippen LogP contribution in [0.2, 0.25) is 0 Å². The number of hydrogen-bond donors (Lipinski definition) is 3. The lowest BCUT2D eigenvalue weighted by Gasteiger charge is -2.12. The van der Waals surface area contributed by atoms with Crippen molar-refractivity contribution < 1.29 is 14.3 Å². The van der Waals surface area contributed by atoms with Crippen LogP contribution >= 0.6 is 0 Å². The first-order valence-electron chi connectivity index (χ1n) is 7.50. The van der Waals surface area contributed by atoms with Gasteiger partial charge in [0, 0.05) is 24.0 Å². The fraction of sp³-hybridized carbons (Fsp3) is 0.222. The van der Waals surface area contributed by atoms with E-state index in [0.717, 1.165) is 16.9 Å². The van der Waals surface area contributed by atoms with E-state index in [9.17, 15) is 9.59 Å². The van der Waals surface area contributed by atoms with Gasteiger partial charge in [-0.15, -0.1) is 0 Å². The third-order valence-corrected chi connectivity index (χ3v) is 3.53. The largest absolute Gasteiger partial charge is 0.496 e. The molecule has 0 saturated carbocycles. The summed E-state index contributed by atoms with van der Waals surface area (Å²) in [6, 6.07) is 10.2. The number of anilines is 2. The highest BCUT2D eigenvalue weighted by molar-refractivity contribution is 6.05. The fourth-order valence-corrected chi connectivity index (χ4v) is 2.47. The molecular weight excluding hydrogens is 306 g/mol. The van der Waals surface area contributed by atoms with Crippen LogP contribution in [-0.2, 0) is 0 Å². The predicted molar refractivity (Wildman–Crippen MR) is 94.9 cm³/mol. The maximum absolute atomic E-state index is 12.5. The molecular formula is C18H21N3O3. The lowest BCUT2D eigenvalue weighted by molar-refractivity contribution is 0.102. The monoisotopic (exact) mass is 327 g/mol. The van der Waals surface area contributed by atoms with Gasteiger partial charge in [0.1, 0.15) is 5.75 Å². The lowest BCUT2D eigenvalue weighted by atomic mass is 10.0. The zero-order chi connectivity index (χ0) is 17.7. The van der Waals surface area contributed by atoms with Gasteiger partial charge in [-0.2, -0.15) is 0 Å². The lowest BCUT2D eigenvalue weighted by Crippen LogP contribution is -2.24. The second kappa shape index (κ2) is 7.50. The molecule has 2 aromatic rings. The molecule has 0 fully saturated rings. The van der Waals surface area contributed by atoms with Gasteiger partial charge in [0.15, 0.2) is 0 Å². The van der Waals surface area contributed by atoms with Gasteiger partial charge >= 0.3 is 6.03 Å². The first-order valence-corrected chi connectivity index (χ1v) is 7.50. The van der Waals surface area contributed by atoms with E-state index in [4.69, 9.17) is 4.74 Å². The Kier molecular flexibility index (Phi) is 5.42. The molecule has 24 heavy (non-hydrogen) atoms. The maximum atomic E-state index is 12.5. The molecule has 0 saturated heterocycles. The van der Waals surface area contributed by atoms with Gasteiger partial charge in [0.05, 0.1) is 7.11 Å². The molecule has 0 aliphatic heterocycles. The number of rotatable bonds is 4. The minimum Gasteiger partial charge on any atom is -0.496 e. The minimum absolute atomic E-state index is 0.221. The normalized spacial score (nSPS) is 10.0. The number of carbonyl (C=O) groups is 2. The zero-order valence-electron chi connectivity index (χ0n) is 14.2. The van der Waals surface area contributed by atoms with E-state index in [1.165, 1.54) is 7.05 Å². The van der Waals surface area contributed by atoms with Crippen LogP contribution in [0, 0.1) is 13.8 Å². The molecule has 0 heterocycles. The van der Waals surface area contributed by atoms with Crippen molar-refractivity contribution in [2.75, 3.05) is 24.8 Å². The number of hydrogen-bond acceptors (Lipinski definition) is 3. The molecule has 3 amide bonds. The number of amides is 3. The van der Waals surface area contributed by atoms with Crippen molar-refractivity contribution in [3.05, 3.63) is 53.1 Å². The highest BCUT2D eigenvalue weighted by Gasteiger charge is 2.12. The fourth-order valence-electron chi connectivity index (χ4n) is 2.47. The third kappa shape index (κ3) is 4.04. The minimum atomic E-state index is -0.320. The number of aryl methyl sites for hydroxylation is 2. The van der Waals surface area contributed by atoms with Gasteiger partial charge in [-0.05, 0) is 55.3 Å². The summed E-state index contributed by atoms with van der Waals surface area (Å²) in [7, 11) is 3.15. The summed E-state index contributed by atoms with van der Waals surface area (Å²) in [5.41, 5.74) is 3.54. The van der Waals surface area contributed by atoms with Crippen molar-refractivity contribution in [1.82, 2.24) is 5.32 Å². The molecule has 0 radical (unpaired) electrons. The molecule has 2 aromatic carbocycles. The van der Waals surface area contributed by atoms with Crippen LogP contribution in [0.1, 0.15) is 21.5 Å². The molecule has 0 aliphatic carbocycles. The highest BCUT2D eigenvalue weighted by Crippen LogP contribution is 2.25. The molecule has 0 aliphatic rings. The van der Waals surface area contributed by atoms with E-state index in [1.807, 2.05) is 13.8 Å². The number of carbonyl (C=O) groups excluding carboxylic acids is 2. The maximum Gasteiger partial charge on any atom is 0.318 e. The van der Waals surface area contributed by atoms with Crippen molar-refractivity contribution >= 4 is 23.3 Å². The topological polar surface area (TPSA) is 79.5 Å². The number of methoxy groups -OCH3 is 1. The van der Waals surface area contributed by atoms with Gasteiger partial charge in [-0.3, -0.25) is 4.79 Å². The summed E-state index contributed by atoms with van der Waals surface area (Å²) >= 11 is 0. The summed E-state index contributed by atoms with van der Waals surface area (Å²) < 4.78 is 5.31. The van der Waals surface area contributed by atoms with Crippen LogP contribution in [0.25, 0.3) is 0 Å². The molecule has 6 nitrogen and oxygen atoms in total. The molecule has 3 N–H and O–H groups in total. The summed E-state index contributed by atoms with van der Waals surface area (Å²) in [6.07, 6.45) is 0. The Morgan fingerprint density at radius 2 is 1.54 bits per heavy atom. The summed E-state index contributed by atoms with van der Waals surface area (Å²) in [6.45, 7) is 3.80. The van der Waals surface area contributed by atoms with E-state index >= 15 is 0 Å². The second-order valence-corrected chi connectivity index (χ2v) is 5.38. The van der Waals surface area contributed by atoms with Crippen LogP contribution in [-0.4, -0.2) is 26.1 Å². The van der Waals surface area contributed by atoms with E-state index in [2.05, 4.69) is 16.0 Å². The highest BCUT2D eigenvalue weighted by atomic mass is 16.5. The first-order chi connectivity index (χ1) is 11.4. The molecule has 0 atom stereocenters. The van der Waals surface area contributed by atoms with Gasteiger partial charge in [-0.1, -0.05) is 6.07 Å². The van der Waals surface area contributed by atoms with E-state index < -0.39 is 0 Å². The molecule has 0 aromatic heterocycles. The van der Waals surface area contributed by atoms with Crippen LogP contribution < -0.4 is 20.7 Å². The van der Waals surface area contributed by atoms with Gasteiger partial charge in [0.2, 0.25) is 0 Å². The quantitative estimate of drug-likeness (QED) is 0.806.